The van der Waals surface area contributed by atoms with Crippen LogP contribution < -0.4 is 15.4 Å². The molecule has 23 heavy (non-hydrogen) atoms. The second-order valence-corrected chi connectivity index (χ2v) is 5.73. The van der Waals surface area contributed by atoms with Crippen molar-refractivity contribution in [3.8, 4) is 5.75 Å². The quantitative estimate of drug-likeness (QED) is 0.640. The Bertz CT molecular complexity index is 680. The molecule has 0 aliphatic heterocycles. The first-order valence-electron chi connectivity index (χ1n) is 7.12. The average Bonchev–Trinajstić information content (AvgIpc) is 2.82. The molecule has 0 saturated heterocycles. The molecule has 124 valence electrons. The summed E-state index contributed by atoms with van der Waals surface area (Å²) in [5, 5.41) is 7.57. The summed E-state index contributed by atoms with van der Waals surface area (Å²) in [5.41, 5.74) is 2.12. The Hall–Kier alpha value is -1.85. The van der Waals surface area contributed by atoms with Gasteiger partial charge in [-0.3, -0.25) is 4.99 Å². The van der Waals surface area contributed by atoms with Gasteiger partial charge in [0.05, 0.1) is 18.7 Å². The minimum Gasteiger partial charge on any atom is -0.497 e. The molecule has 0 unspecified atom stereocenters. The first-order chi connectivity index (χ1) is 11.0. The van der Waals surface area contributed by atoms with Gasteiger partial charge in [0.15, 0.2) is 5.96 Å². The van der Waals surface area contributed by atoms with Crippen LogP contribution in [0.1, 0.15) is 11.3 Å². The van der Waals surface area contributed by atoms with Crippen molar-refractivity contribution in [2.24, 2.45) is 12.0 Å². The summed E-state index contributed by atoms with van der Waals surface area (Å²) in [6.45, 7) is 1.24. The molecule has 0 aliphatic carbocycles. The molecule has 7 heteroatoms. The Morgan fingerprint density at radius 2 is 1.83 bits per heavy atom. The monoisotopic (exact) mass is 354 g/mol. The molecule has 0 fully saturated rings. The van der Waals surface area contributed by atoms with Crippen molar-refractivity contribution in [1.29, 1.82) is 0 Å². The molecule has 0 bridgehead atoms. The van der Waals surface area contributed by atoms with Gasteiger partial charge in [-0.05, 0) is 23.8 Å². The SMILES string of the molecule is CN=C(NCc1ccc(OC)cc1)NCc1cc(Cl)c(Cl)n1C. The largest absolute Gasteiger partial charge is 0.497 e. The third-order valence-electron chi connectivity index (χ3n) is 3.50. The van der Waals surface area contributed by atoms with Gasteiger partial charge in [0.1, 0.15) is 10.9 Å². The van der Waals surface area contributed by atoms with Gasteiger partial charge >= 0.3 is 0 Å². The van der Waals surface area contributed by atoms with E-state index in [9.17, 15) is 0 Å². The number of ether oxygens (including phenoxy) is 1. The van der Waals surface area contributed by atoms with Crippen LogP contribution in [0.4, 0.5) is 0 Å². The van der Waals surface area contributed by atoms with Crippen LogP contribution in [0.3, 0.4) is 0 Å². The molecule has 0 atom stereocenters. The maximum absolute atomic E-state index is 6.06. The van der Waals surface area contributed by atoms with Gasteiger partial charge in [-0.2, -0.15) is 0 Å². The van der Waals surface area contributed by atoms with Crippen molar-refractivity contribution < 1.29 is 4.74 Å². The fourth-order valence-electron chi connectivity index (χ4n) is 2.08. The number of nitrogens with one attached hydrogen (secondary N) is 2. The molecule has 0 amide bonds. The molecular formula is C16H20Cl2N4O. The zero-order valence-electron chi connectivity index (χ0n) is 13.4. The van der Waals surface area contributed by atoms with Gasteiger partial charge in [0.25, 0.3) is 0 Å². The Kier molecular flexibility index (Phi) is 6.19. The highest BCUT2D eigenvalue weighted by atomic mass is 35.5. The Morgan fingerprint density at radius 3 is 2.35 bits per heavy atom. The van der Waals surface area contributed by atoms with Crippen LogP contribution >= 0.6 is 23.2 Å². The van der Waals surface area contributed by atoms with Gasteiger partial charge < -0.3 is 19.9 Å². The molecule has 1 heterocycles. The number of nitrogens with zero attached hydrogens (tertiary/aromatic N) is 2. The zero-order chi connectivity index (χ0) is 16.8. The lowest BCUT2D eigenvalue weighted by molar-refractivity contribution is 0.414. The summed E-state index contributed by atoms with van der Waals surface area (Å²) in [6, 6.07) is 9.72. The number of hydrogen-bond acceptors (Lipinski definition) is 2. The van der Waals surface area contributed by atoms with Crippen LogP contribution in [0.25, 0.3) is 0 Å². The van der Waals surface area contributed by atoms with E-state index in [1.807, 2.05) is 41.9 Å². The van der Waals surface area contributed by atoms with Crippen LogP contribution in [0.15, 0.2) is 35.3 Å². The van der Waals surface area contributed by atoms with Gasteiger partial charge in [-0.25, -0.2) is 0 Å². The molecule has 2 rings (SSSR count). The third-order valence-corrected chi connectivity index (χ3v) is 4.34. The number of methoxy groups -OCH3 is 1. The first kappa shape index (κ1) is 17.5. The van der Waals surface area contributed by atoms with E-state index in [1.165, 1.54) is 0 Å². The average molecular weight is 355 g/mol. The molecule has 5 nitrogen and oxygen atoms in total. The predicted molar refractivity (Wildman–Crippen MR) is 95.5 cm³/mol. The van der Waals surface area contributed by atoms with Crippen molar-refractivity contribution in [3.05, 3.63) is 51.8 Å². The van der Waals surface area contributed by atoms with Crippen LogP contribution in [0.2, 0.25) is 10.2 Å². The minimum atomic E-state index is 0.532. The van der Waals surface area contributed by atoms with Gasteiger partial charge in [0.2, 0.25) is 0 Å². The van der Waals surface area contributed by atoms with E-state index < -0.39 is 0 Å². The molecule has 2 aromatic rings. The number of rotatable bonds is 5. The lowest BCUT2D eigenvalue weighted by Crippen LogP contribution is -2.36. The second kappa shape index (κ2) is 8.13. The highest BCUT2D eigenvalue weighted by molar-refractivity contribution is 6.41. The normalized spacial score (nSPS) is 11.4. The molecule has 0 aliphatic rings. The van der Waals surface area contributed by atoms with E-state index in [-0.39, 0.29) is 0 Å². The topological polar surface area (TPSA) is 50.6 Å². The highest BCUT2D eigenvalue weighted by Crippen LogP contribution is 2.24. The molecule has 2 N–H and O–H groups in total. The van der Waals surface area contributed by atoms with Gasteiger partial charge in [0, 0.05) is 26.3 Å². The molecule has 0 spiro atoms. The van der Waals surface area contributed by atoms with Crippen LogP contribution in [-0.4, -0.2) is 24.7 Å². The summed E-state index contributed by atoms with van der Waals surface area (Å²) in [7, 11) is 5.26. The summed E-state index contributed by atoms with van der Waals surface area (Å²) in [6.07, 6.45) is 0. The van der Waals surface area contributed by atoms with Crippen molar-refractivity contribution in [2.45, 2.75) is 13.1 Å². The molecule has 1 aromatic heterocycles. The number of benzene rings is 1. The highest BCUT2D eigenvalue weighted by Gasteiger charge is 2.09. The summed E-state index contributed by atoms with van der Waals surface area (Å²) in [5.74, 6) is 1.54. The van der Waals surface area contributed by atoms with Gasteiger partial charge in [-0.15, -0.1) is 0 Å². The Labute approximate surface area is 146 Å². The van der Waals surface area contributed by atoms with Crippen LogP contribution in [0, 0.1) is 0 Å². The lowest BCUT2D eigenvalue weighted by atomic mass is 10.2. The number of aromatic nitrogens is 1. The van der Waals surface area contributed by atoms with Crippen molar-refractivity contribution >= 4 is 29.2 Å². The smallest absolute Gasteiger partial charge is 0.191 e. The number of halogens is 2. The maximum atomic E-state index is 6.06. The number of guanidine groups is 1. The van der Waals surface area contributed by atoms with Crippen molar-refractivity contribution in [3.63, 3.8) is 0 Å². The third kappa shape index (κ3) is 4.56. The number of aliphatic imine (C=N–C) groups is 1. The summed E-state index contributed by atoms with van der Waals surface area (Å²) < 4.78 is 6.99. The fourth-order valence-corrected chi connectivity index (χ4v) is 2.50. The van der Waals surface area contributed by atoms with E-state index in [0.29, 0.717) is 29.2 Å². The molecular weight excluding hydrogens is 335 g/mol. The zero-order valence-corrected chi connectivity index (χ0v) is 14.9. The Morgan fingerprint density at radius 1 is 1.17 bits per heavy atom. The Balaban J connectivity index is 1.89. The first-order valence-corrected chi connectivity index (χ1v) is 7.87. The van der Waals surface area contributed by atoms with Crippen LogP contribution in [0.5, 0.6) is 5.75 Å². The molecule has 0 radical (unpaired) electrons. The van der Waals surface area contributed by atoms with E-state index in [2.05, 4.69) is 15.6 Å². The lowest BCUT2D eigenvalue weighted by Gasteiger charge is -2.13. The summed E-state index contributed by atoms with van der Waals surface area (Å²) >= 11 is 12.1. The molecule has 1 aromatic carbocycles. The van der Waals surface area contributed by atoms with Crippen molar-refractivity contribution in [1.82, 2.24) is 15.2 Å². The van der Waals surface area contributed by atoms with E-state index in [4.69, 9.17) is 27.9 Å². The minimum absolute atomic E-state index is 0.532. The second-order valence-electron chi connectivity index (χ2n) is 4.96. The number of hydrogen-bond donors (Lipinski definition) is 2. The van der Waals surface area contributed by atoms with E-state index >= 15 is 0 Å². The maximum Gasteiger partial charge on any atom is 0.191 e. The van der Waals surface area contributed by atoms with Gasteiger partial charge in [-0.1, -0.05) is 35.3 Å². The fraction of sp³-hybridized carbons (Fsp3) is 0.312. The standard InChI is InChI=1S/C16H20Cl2N4O/c1-19-16(20-9-11-4-6-13(23-3)7-5-11)21-10-12-8-14(17)15(18)22(12)2/h4-8H,9-10H2,1-3H3,(H2,19,20,21). The summed E-state index contributed by atoms with van der Waals surface area (Å²) in [4.78, 5) is 4.21. The van der Waals surface area contributed by atoms with Crippen molar-refractivity contribution in [2.75, 3.05) is 14.2 Å². The molecule has 0 saturated carbocycles. The van der Waals surface area contributed by atoms with E-state index in [1.54, 1.807) is 14.2 Å². The predicted octanol–water partition coefficient (Wildman–Crippen LogP) is 3.21. The van der Waals surface area contributed by atoms with Crippen LogP contribution in [-0.2, 0) is 20.1 Å². The van der Waals surface area contributed by atoms with E-state index in [0.717, 1.165) is 17.0 Å².